The first-order valence-corrected chi connectivity index (χ1v) is 15.6. The van der Waals surface area contributed by atoms with Crippen molar-refractivity contribution in [3.63, 3.8) is 0 Å². The lowest BCUT2D eigenvalue weighted by Crippen LogP contribution is -2.38. The van der Waals surface area contributed by atoms with Crippen molar-refractivity contribution in [1.82, 2.24) is 19.5 Å². The van der Waals surface area contributed by atoms with E-state index in [9.17, 15) is 22.0 Å². The molecule has 4 aromatic rings. The number of ether oxygens (including phenoxy) is 2. The fraction of sp³-hybridized carbons (Fsp3) is 0.367. The SMILES string of the molecule is CC(C)(C)OC(=O)N1CCc2ccc(Nc3nc4c(-c5ccc(S(C)(=O)=O)cc5OCC(F)F)cccn4n3)cc2CC1. The molecule has 0 saturated carbocycles. The number of carbonyl (C=O) groups is 1. The third-order valence-corrected chi connectivity index (χ3v) is 7.93. The topological polar surface area (TPSA) is 115 Å². The fourth-order valence-electron chi connectivity index (χ4n) is 4.84. The molecule has 0 unspecified atom stereocenters. The Kier molecular flexibility index (Phi) is 8.28. The highest BCUT2D eigenvalue weighted by Crippen LogP contribution is 2.35. The number of nitrogens with zero attached hydrogens (tertiary/aromatic N) is 4. The summed E-state index contributed by atoms with van der Waals surface area (Å²) >= 11 is 0. The number of aromatic nitrogens is 3. The van der Waals surface area contributed by atoms with E-state index in [-0.39, 0.29) is 16.7 Å². The minimum atomic E-state index is -3.60. The van der Waals surface area contributed by atoms with Crippen LogP contribution in [-0.4, -0.2) is 72.0 Å². The molecule has 0 radical (unpaired) electrons. The highest BCUT2D eigenvalue weighted by atomic mass is 32.2. The second-order valence-electron chi connectivity index (χ2n) is 11.3. The molecule has 13 heteroatoms. The first kappa shape index (κ1) is 30.2. The summed E-state index contributed by atoms with van der Waals surface area (Å²) in [6.45, 7) is 5.76. The van der Waals surface area contributed by atoms with Gasteiger partial charge in [0.15, 0.2) is 15.5 Å². The van der Waals surface area contributed by atoms with Crippen LogP contribution in [-0.2, 0) is 27.4 Å². The monoisotopic (exact) mass is 613 g/mol. The molecule has 0 bridgehead atoms. The normalized spacial score (nSPS) is 14.0. The smallest absolute Gasteiger partial charge is 0.410 e. The molecule has 43 heavy (non-hydrogen) atoms. The first-order valence-electron chi connectivity index (χ1n) is 13.7. The summed E-state index contributed by atoms with van der Waals surface area (Å²) in [5.74, 6) is 0.305. The van der Waals surface area contributed by atoms with E-state index in [0.29, 0.717) is 48.7 Å². The number of sulfone groups is 1. The van der Waals surface area contributed by atoms with Crippen LogP contribution >= 0.6 is 0 Å². The first-order chi connectivity index (χ1) is 20.3. The van der Waals surface area contributed by atoms with Gasteiger partial charge in [0.25, 0.3) is 6.43 Å². The largest absolute Gasteiger partial charge is 0.487 e. The van der Waals surface area contributed by atoms with Gasteiger partial charge in [0, 0.05) is 42.4 Å². The summed E-state index contributed by atoms with van der Waals surface area (Å²) < 4.78 is 62.6. The number of fused-ring (bicyclic) bond motifs is 2. The number of benzene rings is 2. The van der Waals surface area contributed by atoms with Gasteiger partial charge < -0.3 is 19.7 Å². The Morgan fingerprint density at radius 3 is 2.49 bits per heavy atom. The number of nitrogens with one attached hydrogen (secondary N) is 1. The molecule has 0 fully saturated rings. The van der Waals surface area contributed by atoms with Gasteiger partial charge in [-0.25, -0.2) is 26.5 Å². The van der Waals surface area contributed by atoms with Crippen LogP contribution in [0.2, 0.25) is 0 Å². The van der Waals surface area contributed by atoms with Gasteiger partial charge in [-0.05, 0) is 87.2 Å². The Balaban J connectivity index is 1.40. The van der Waals surface area contributed by atoms with E-state index in [1.807, 2.05) is 39.0 Å². The zero-order chi connectivity index (χ0) is 30.9. The van der Waals surface area contributed by atoms with Gasteiger partial charge in [0.05, 0.1) is 4.90 Å². The Bertz CT molecular complexity index is 1770. The molecule has 3 heterocycles. The maximum atomic E-state index is 13.0. The molecule has 228 valence electrons. The van der Waals surface area contributed by atoms with E-state index >= 15 is 0 Å². The fourth-order valence-corrected chi connectivity index (χ4v) is 5.47. The maximum Gasteiger partial charge on any atom is 0.410 e. The van der Waals surface area contributed by atoms with Crippen LogP contribution in [0.15, 0.2) is 59.6 Å². The Morgan fingerprint density at radius 1 is 1.05 bits per heavy atom. The zero-order valence-electron chi connectivity index (χ0n) is 24.3. The number of pyridine rings is 1. The van der Waals surface area contributed by atoms with E-state index < -0.39 is 28.5 Å². The number of anilines is 2. The van der Waals surface area contributed by atoms with Crippen molar-refractivity contribution in [1.29, 1.82) is 0 Å². The molecule has 10 nitrogen and oxygen atoms in total. The molecule has 5 rings (SSSR count). The average molecular weight is 614 g/mol. The Morgan fingerprint density at radius 2 is 1.79 bits per heavy atom. The van der Waals surface area contributed by atoms with E-state index in [0.717, 1.165) is 23.1 Å². The van der Waals surface area contributed by atoms with Crippen LogP contribution in [0.4, 0.5) is 25.2 Å². The van der Waals surface area contributed by atoms with E-state index in [4.69, 9.17) is 9.47 Å². The number of amides is 1. The minimum Gasteiger partial charge on any atom is -0.487 e. The molecule has 2 aromatic heterocycles. The Labute approximate surface area is 248 Å². The van der Waals surface area contributed by atoms with Gasteiger partial charge in [0.2, 0.25) is 5.95 Å². The van der Waals surface area contributed by atoms with Gasteiger partial charge in [0.1, 0.15) is 18.0 Å². The van der Waals surface area contributed by atoms with Crippen LogP contribution in [0.5, 0.6) is 5.75 Å². The number of hydrogen-bond donors (Lipinski definition) is 1. The molecule has 0 saturated heterocycles. The van der Waals surface area contributed by atoms with Crippen LogP contribution in [0, 0.1) is 0 Å². The van der Waals surface area contributed by atoms with Crippen molar-refractivity contribution in [2.75, 3.05) is 31.3 Å². The minimum absolute atomic E-state index is 0.0000112. The average Bonchev–Trinajstić information content (AvgIpc) is 3.21. The number of alkyl halides is 2. The number of rotatable bonds is 7. The summed E-state index contributed by atoms with van der Waals surface area (Å²) in [6.07, 6.45) is 1.04. The lowest BCUT2D eigenvalue weighted by atomic mass is 10.0. The van der Waals surface area contributed by atoms with Crippen molar-refractivity contribution in [3.8, 4) is 16.9 Å². The lowest BCUT2D eigenvalue weighted by molar-refractivity contribution is 0.0258. The number of hydrogen-bond acceptors (Lipinski definition) is 8. The standard InChI is InChI=1S/C30H33F2N5O5S/c1-30(2,3)42-29(38)36-14-11-19-7-8-21(16-20(19)12-15-36)33-28-34-27-24(6-5-13-37(27)35-28)23-10-9-22(43(4,39)40)17-25(23)41-18-26(31)32/h5-10,13,16-17,26H,11-12,14-15,18H2,1-4H3,(H,33,35). The molecular weight excluding hydrogens is 580 g/mol. The predicted molar refractivity (Wildman–Crippen MR) is 158 cm³/mol. The summed E-state index contributed by atoms with van der Waals surface area (Å²) in [7, 11) is -3.60. The summed E-state index contributed by atoms with van der Waals surface area (Å²) in [4.78, 5) is 18.9. The molecule has 1 N–H and O–H groups in total. The summed E-state index contributed by atoms with van der Waals surface area (Å²) in [6, 6.07) is 13.6. The summed E-state index contributed by atoms with van der Waals surface area (Å²) in [5.41, 5.74) is 3.80. The van der Waals surface area contributed by atoms with Crippen LogP contribution in [0.3, 0.4) is 0 Å². The second-order valence-corrected chi connectivity index (χ2v) is 13.3. The van der Waals surface area contributed by atoms with Crippen molar-refractivity contribution < 1.29 is 31.5 Å². The van der Waals surface area contributed by atoms with Gasteiger partial charge in [-0.3, -0.25) is 0 Å². The van der Waals surface area contributed by atoms with Gasteiger partial charge >= 0.3 is 6.09 Å². The predicted octanol–water partition coefficient (Wildman–Crippen LogP) is 5.52. The molecule has 2 aromatic carbocycles. The lowest BCUT2D eigenvalue weighted by Gasteiger charge is -2.26. The zero-order valence-corrected chi connectivity index (χ0v) is 25.1. The van der Waals surface area contributed by atoms with Crippen molar-refractivity contribution >= 4 is 33.2 Å². The van der Waals surface area contributed by atoms with E-state index in [2.05, 4.69) is 15.4 Å². The highest BCUT2D eigenvalue weighted by molar-refractivity contribution is 7.90. The third-order valence-electron chi connectivity index (χ3n) is 6.81. The van der Waals surface area contributed by atoms with Crippen molar-refractivity contribution in [2.24, 2.45) is 0 Å². The molecule has 1 aliphatic heterocycles. The molecular formula is C30H33F2N5O5S. The molecule has 0 spiro atoms. The number of halogens is 2. The number of carbonyl (C=O) groups excluding carboxylic acids is 1. The van der Waals surface area contributed by atoms with Crippen LogP contribution < -0.4 is 10.1 Å². The third kappa shape index (κ3) is 7.22. The second kappa shape index (κ2) is 11.8. The van der Waals surface area contributed by atoms with Crippen molar-refractivity contribution in [2.45, 2.75) is 50.5 Å². The van der Waals surface area contributed by atoms with Crippen LogP contribution in [0.1, 0.15) is 31.9 Å². The van der Waals surface area contributed by atoms with Gasteiger partial charge in [-0.2, -0.15) is 4.98 Å². The van der Waals surface area contributed by atoms with Crippen LogP contribution in [0.25, 0.3) is 16.8 Å². The molecule has 0 atom stereocenters. The Hall–Kier alpha value is -4.26. The van der Waals surface area contributed by atoms with E-state index in [1.165, 1.54) is 18.2 Å². The van der Waals surface area contributed by atoms with Crippen molar-refractivity contribution in [3.05, 3.63) is 65.9 Å². The molecule has 1 aliphatic rings. The maximum absolute atomic E-state index is 13.0. The highest BCUT2D eigenvalue weighted by Gasteiger charge is 2.24. The van der Waals surface area contributed by atoms with E-state index in [1.54, 1.807) is 27.7 Å². The quantitative estimate of drug-likeness (QED) is 0.290. The van der Waals surface area contributed by atoms with Gasteiger partial charge in [-0.1, -0.05) is 6.07 Å². The molecule has 0 aliphatic carbocycles. The summed E-state index contributed by atoms with van der Waals surface area (Å²) in [5, 5.41) is 7.76. The van der Waals surface area contributed by atoms with Gasteiger partial charge in [-0.15, -0.1) is 5.10 Å². The molecule has 1 amide bonds.